The molecule has 0 spiro atoms. The highest BCUT2D eigenvalue weighted by Crippen LogP contribution is 2.25. The number of para-hydroxylation sites is 1. The first-order valence-corrected chi connectivity index (χ1v) is 9.81. The minimum absolute atomic E-state index is 0.0362. The zero-order valence-corrected chi connectivity index (χ0v) is 16.8. The zero-order chi connectivity index (χ0) is 20.0. The van der Waals surface area contributed by atoms with E-state index in [1.807, 2.05) is 30.5 Å². The maximum Gasteiger partial charge on any atom is 0.241 e. The monoisotopic (exact) mass is 409 g/mol. The van der Waals surface area contributed by atoms with Crippen molar-refractivity contribution in [2.75, 3.05) is 30.5 Å². The van der Waals surface area contributed by atoms with Gasteiger partial charge in [-0.25, -0.2) is 4.39 Å². The molecule has 0 saturated heterocycles. The fraction of sp³-hybridized carbons (Fsp3) is 0.263. The van der Waals surface area contributed by atoms with Crippen molar-refractivity contribution < 1.29 is 14.0 Å². The van der Waals surface area contributed by atoms with Crippen molar-refractivity contribution in [1.29, 1.82) is 0 Å². The summed E-state index contributed by atoms with van der Waals surface area (Å²) in [7, 11) is 1.68. The third kappa shape index (κ3) is 5.95. The molecule has 2 aromatic rings. The third-order valence-corrected chi connectivity index (χ3v) is 5.11. The van der Waals surface area contributed by atoms with Crippen LogP contribution in [0.2, 0.25) is 5.02 Å². The Balaban J connectivity index is 1.94. The van der Waals surface area contributed by atoms with E-state index in [1.54, 1.807) is 18.9 Å². The van der Waals surface area contributed by atoms with Gasteiger partial charge in [-0.2, -0.15) is 0 Å². The first-order chi connectivity index (χ1) is 12.8. The molecule has 0 aliphatic carbocycles. The van der Waals surface area contributed by atoms with Gasteiger partial charge >= 0.3 is 0 Å². The van der Waals surface area contributed by atoms with Gasteiger partial charge < -0.3 is 10.6 Å². The molecule has 0 unspecified atom stereocenters. The van der Waals surface area contributed by atoms with Gasteiger partial charge in [-0.1, -0.05) is 23.7 Å². The van der Waals surface area contributed by atoms with E-state index in [-0.39, 0.29) is 23.4 Å². The van der Waals surface area contributed by atoms with E-state index >= 15 is 0 Å². The average molecular weight is 410 g/mol. The molecule has 2 rings (SSSR count). The highest BCUT2D eigenvalue weighted by Gasteiger charge is 2.21. The number of nitrogens with one attached hydrogen (secondary N) is 2. The average Bonchev–Trinajstić information content (AvgIpc) is 2.63. The van der Waals surface area contributed by atoms with Crippen LogP contribution in [0.1, 0.15) is 6.92 Å². The number of amides is 2. The molecule has 2 amide bonds. The molecule has 1 atom stereocenters. The van der Waals surface area contributed by atoms with Crippen molar-refractivity contribution >= 4 is 46.6 Å². The summed E-state index contributed by atoms with van der Waals surface area (Å²) in [5.41, 5.74) is 1.06. The first-order valence-electron chi connectivity index (χ1n) is 8.21. The van der Waals surface area contributed by atoms with Crippen LogP contribution in [0.5, 0.6) is 0 Å². The summed E-state index contributed by atoms with van der Waals surface area (Å²) in [5.74, 6) is -1.05. The Morgan fingerprint density at radius 2 is 1.89 bits per heavy atom. The van der Waals surface area contributed by atoms with Crippen LogP contribution in [0.25, 0.3) is 0 Å². The molecular formula is C19H21ClFN3O2S. The van der Waals surface area contributed by atoms with Crippen molar-refractivity contribution in [3.05, 3.63) is 53.3 Å². The van der Waals surface area contributed by atoms with Gasteiger partial charge in [0.05, 0.1) is 29.0 Å². The predicted molar refractivity (Wildman–Crippen MR) is 109 cm³/mol. The Morgan fingerprint density at radius 3 is 2.56 bits per heavy atom. The number of thioether (sulfide) groups is 1. The largest absolute Gasteiger partial charge is 0.324 e. The highest BCUT2D eigenvalue weighted by atomic mass is 35.5. The maximum atomic E-state index is 13.1. The number of rotatable bonds is 7. The highest BCUT2D eigenvalue weighted by molar-refractivity contribution is 7.98. The quantitative estimate of drug-likeness (QED) is 0.676. The van der Waals surface area contributed by atoms with Gasteiger partial charge in [0.25, 0.3) is 0 Å². The summed E-state index contributed by atoms with van der Waals surface area (Å²) in [5, 5.41) is 5.62. The van der Waals surface area contributed by atoms with Gasteiger partial charge in [0.1, 0.15) is 5.82 Å². The molecule has 0 bridgehead atoms. The molecule has 0 aliphatic heterocycles. The molecule has 0 heterocycles. The Labute approximate surface area is 167 Å². The number of anilines is 2. The number of carbonyl (C=O) groups is 2. The lowest BCUT2D eigenvalue weighted by Gasteiger charge is -2.23. The van der Waals surface area contributed by atoms with E-state index in [4.69, 9.17) is 11.6 Å². The van der Waals surface area contributed by atoms with Gasteiger partial charge in [-0.15, -0.1) is 11.8 Å². The molecule has 8 heteroatoms. The number of likely N-dealkylation sites (N-methyl/N-ethyl adjacent to an activating group) is 1. The molecule has 0 saturated carbocycles. The standard InChI is InChI=1S/C19H21ClFN3O2S/c1-12(19(26)23-15-9-8-13(21)10-14(15)20)24(2)11-18(25)22-16-6-4-5-7-17(16)27-3/h4-10,12H,11H2,1-3H3,(H,22,25)(H,23,26)/t12-/m0/s1. The topological polar surface area (TPSA) is 61.4 Å². The summed E-state index contributed by atoms with van der Waals surface area (Å²) in [6.07, 6.45) is 1.93. The van der Waals surface area contributed by atoms with E-state index in [2.05, 4.69) is 10.6 Å². The molecular weight excluding hydrogens is 389 g/mol. The summed E-state index contributed by atoms with van der Waals surface area (Å²) in [4.78, 5) is 27.3. The zero-order valence-electron chi connectivity index (χ0n) is 15.3. The second kappa shape index (κ2) is 9.73. The van der Waals surface area contributed by atoms with Crippen molar-refractivity contribution in [2.45, 2.75) is 17.9 Å². The number of hydrogen-bond acceptors (Lipinski definition) is 4. The molecule has 144 valence electrons. The predicted octanol–water partition coefficient (Wildman–Crippen LogP) is 4.10. The minimum Gasteiger partial charge on any atom is -0.324 e. The number of hydrogen-bond donors (Lipinski definition) is 2. The summed E-state index contributed by atoms with van der Waals surface area (Å²) < 4.78 is 13.1. The second-order valence-corrected chi connectivity index (χ2v) is 7.21. The van der Waals surface area contributed by atoms with Gasteiger partial charge in [0, 0.05) is 4.90 Å². The SMILES string of the molecule is CSc1ccccc1NC(=O)CN(C)[C@@H](C)C(=O)Nc1ccc(F)cc1Cl. The van der Waals surface area contributed by atoms with E-state index < -0.39 is 11.9 Å². The smallest absolute Gasteiger partial charge is 0.241 e. The molecule has 5 nitrogen and oxygen atoms in total. The molecule has 0 aromatic heterocycles. The van der Waals surface area contributed by atoms with Crippen molar-refractivity contribution in [2.24, 2.45) is 0 Å². The van der Waals surface area contributed by atoms with Gasteiger partial charge in [0.15, 0.2) is 0 Å². The lowest BCUT2D eigenvalue weighted by atomic mass is 10.2. The number of halogens is 2. The van der Waals surface area contributed by atoms with Crippen LogP contribution in [0, 0.1) is 5.82 Å². The van der Waals surface area contributed by atoms with E-state index in [0.717, 1.165) is 16.6 Å². The molecule has 0 radical (unpaired) electrons. The molecule has 2 aromatic carbocycles. The van der Waals surface area contributed by atoms with Crippen molar-refractivity contribution in [3.8, 4) is 0 Å². The normalized spacial score (nSPS) is 11.9. The van der Waals surface area contributed by atoms with E-state index in [0.29, 0.717) is 5.69 Å². The summed E-state index contributed by atoms with van der Waals surface area (Å²) >= 11 is 7.47. The molecule has 27 heavy (non-hydrogen) atoms. The molecule has 2 N–H and O–H groups in total. The van der Waals surface area contributed by atoms with Crippen LogP contribution >= 0.6 is 23.4 Å². The van der Waals surface area contributed by atoms with Crippen LogP contribution in [0.4, 0.5) is 15.8 Å². The Kier molecular flexibility index (Phi) is 7.65. The van der Waals surface area contributed by atoms with Crippen molar-refractivity contribution in [3.63, 3.8) is 0 Å². The number of nitrogens with zero attached hydrogens (tertiary/aromatic N) is 1. The lowest BCUT2D eigenvalue weighted by molar-refractivity contribution is -0.122. The van der Waals surface area contributed by atoms with Crippen LogP contribution in [-0.2, 0) is 9.59 Å². The summed E-state index contributed by atoms with van der Waals surface area (Å²) in [6, 6.07) is 10.7. The second-order valence-electron chi connectivity index (χ2n) is 5.95. The van der Waals surface area contributed by atoms with Gasteiger partial charge in [-0.3, -0.25) is 14.5 Å². The number of benzene rings is 2. The van der Waals surface area contributed by atoms with Gasteiger partial charge in [0.2, 0.25) is 11.8 Å². The summed E-state index contributed by atoms with van der Waals surface area (Å²) in [6.45, 7) is 1.71. The van der Waals surface area contributed by atoms with Crippen LogP contribution in [0.15, 0.2) is 47.4 Å². The fourth-order valence-corrected chi connectivity index (χ4v) is 3.10. The van der Waals surface area contributed by atoms with E-state index in [1.165, 1.54) is 23.9 Å². The number of carbonyl (C=O) groups excluding carboxylic acids is 2. The Bertz CT molecular complexity index is 834. The Hall–Kier alpha value is -2.09. The van der Waals surface area contributed by atoms with Crippen LogP contribution in [-0.4, -0.2) is 42.6 Å². The van der Waals surface area contributed by atoms with Crippen molar-refractivity contribution in [1.82, 2.24) is 4.90 Å². The first kappa shape index (κ1) is 21.2. The van der Waals surface area contributed by atoms with Crippen LogP contribution < -0.4 is 10.6 Å². The van der Waals surface area contributed by atoms with Gasteiger partial charge in [-0.05, 0) is 50.6 Å². The van der Waals surface area contributed by atoms with E-state index in [9.17, 15) is 14.0 Å². The molecule has 0 aliphatic rings. The fourth-order valence-electron chi connectivity index (χ4n) is 2.33. The minimum atomic E-state index is -0.590. The molecule has 0 fully saturated rings. The third-order valence-electron chi connectivity index (χ3n) is 4.00. The maximum absolute atomic E-state index is 13.1. The lowest BCUT2D eigenvalue weighted by Crippen LogP contribution is -2.43. The Morgan fingerprint density at radius 1 is 1.19 bits per heavy atom. The van der Waals surface area contributed by atoms with Crippen LogP contribution in [0.3, 0.4) is 0 Å².